The summed E-state index contributed by atoms with van der Waals surface area (Å²) in [6.07, 6.45) is 1.65. The molecule has 1 heteroatoms. The molecule has 0 saturated carbocycles. The second-order valence-corrected chi connectivity index (χ2v) is 2.61. The normalized spacial score (nSPS) is 8.25. The molecule has 0 atom stereocenters. The largest absolute Gasteiger partial charge is 0.327 e. The molecule has 0 bridgehead atoms. The zero-order valence-corrected chi connectivity index (χ0v) is 7.88. The second kappa shape index (κ2) is 6.62. The summed E-state index contributed by atoms with van der Waals surface area (Å²) in [5, 5.41) is 0. The second-order valence-electron chi connectivity index (χ2n) is 2.61. The molecular weight excluding hydrogens is 146 g/mol. The summed E-state index contributed by atoms with van der Waals surface area (Å²) in [7, 11) is 0. The fourth-order valence-corrected chi connectivity index (χ4v) is 0.663. The molecule has 1 aromatic rings. The molecule has 0 amide bonds. The number of nitrogens with two attached hydrogens (primary N) is 1. The van der Waals surface area contributed by atoms with E-state index in [9.17, 15) is 0 Å². The molecule has 0 unspecified atom stereocenters. The molecule has 0 spiro atoms. The van der Waals surface area contributed by atoms with Crippen molar-refractivity contribution in [3.05, 3.63) is 48.0 Å². The molecule has 1 aromatic carbocycles. The highest BCUT2D eigenvalue weighted by molar-refractivity contribution is 5.23. The van der Waals surface area contributed by atoms with Gasteiger partial charge in [0.05, 0.1) is 0 Å². The Kier molecular flexibility index (Phi) is 6.02. The predicted molar refractivity (Wildman–Crippen MR) is 55.2 cm³/mol. The number of hydrogen-bond donors (Lipinski definition) is 1. The fourth-order valence-electron chi connectivity index (χ4n) is 0.663. The average molecular weight is 163 g/mol. The van der Waals surface area contributed by atoms with Gasteiger partial charge in [-0.25, -0.2) is 0 Å². The van der Waals surface area contributed by atoms with Gasteiger partial charge in [-0.3, -0.25) is 0 Å². The van der Waals surface area contributed by atoms with E-state index >= 15 is 0 Å². The molecule has 2 N–H and O–H groups in total. The van der Waals surface area contributed by atoms with Gasteiger partial charge in [-0.1, -0.05) is 30.3 Å². The lowest BCUT2D eigenvalue weighted by atomic mass is 10.1. The minimum absolute atomic E-state index is 0.583. The molecule has 0 aliphatic carbocycles. The van der Waals surface area contributed by atoms with Crippen LogP contribution in [0.4, 0.5) is 0 Å². The zero-order valence-electron chi connectivity index (χ0n) is 7.88. The Bertz CT molecular complexity index is 207. The van der Waals surface area contributed by atoms with Gasteiger partial charge in [0.2, 0.25) is 0 Å². The van der Waals surface area contributed by atoms with E-state index in [-0.39, 0.29) is 0 Å². The zero-order chi connectivity index (χ0) is 9.40. The first-order valence-electron chi connectivity index (χ1n) is 4.05. The topological polar surface area (TPSA) is 26.0 Å². The minimum Gasteiger partial charge on any atom is -0.327 e. The maximum atomic E-state index is 4.91. The number of rotatable bonds is 1. The van der Waals surface area contributed by atoms with Crippen LogP contribution in [-0.2, 0) is 0 Å². The Labute approximate surface area is 74.9 Å². The Morgan fingerprint density at radius 2 is 1.58 bits per heavy atom. The third-order valence-electron chi connectivity index (χ3n) is 1.59. The van der Waals surface area contributed by atoms with Gasteiger partial charge in [0, 0.05) is 6.54 Å². The third-order valence-corrected chi connectivity index (χ3v) is 1.59. The lowest BCUT2D eigenvalue weighted by Crippen LogP contribution is -1.90. The summed E-state index contributed by atoms with van der Waals surface area (Å²) >= 11 is 0. The molecule has 1 rings (SSSR count). The van der Waals surface area contributed by atoms with E-state index in [0.717, 1.165) is 0 Å². The Hall–Kier alpha value is -1.08. The summed E-state index contributed by atoms with van der Waals surface area (Å²) < 4.78 is 0. The quantitative estimate of drug-likeness (QED) is 0.632. The fraction of sp³-hybridized carbons (Fsp3) is 0.273. The smallest absolute Gasteiger partial charge is 0.0104 e. The van der Waals surface area contributed by atoms with Crippen molar-refractivity contribution in [2.45, 2.75) is 13.8 Å². The monoisotopic (exact) mass is 163 g/mol. The van der Waals surface area contributed by atoms with Crippen LogP contribution in [0, 0.1) is 13.8 Å². The molecule has 0 heterocycles. The van der Waals surface area contributed by atoms with E-state index in [0.29, 0.717) is 6.54 Å². The molecule has 12 heavy (non-hydrogen) atoms. The molecule has 0 radical (unpaired) electrons. The predicted octanol–water partition coefficient (Wildman–Crippen LogP) is 2.43. The van der Waals surface area contributed by atoms with Crippen LogP contribution < -0.4 is 5.73 Å². The molecule has 0 aliphatic rings. The molecular formula is C11H17N. The molecule has 0 aromatic heterocycles. The molecule has 0 aliphatic heterocycles. The van der Waals surface area contributed by atoms with Gasteiger partial charge < -0.3 is 5.73 Å². The van der Waals surface area contributed by atoms with Gasteiger partial charge in [-0.05, 0) is 25.0 Å². The van der Waals surface area contributed by atoms with Crippen molar-refractivity contribution in [3.8, 4) is 0 Å². The van der Waals surface area contributed by atoms with E-state index in [1.54, 1.807) is 6.08 Å². The van der Waals surface area contributed by atoms with E-state index in [2.05, 4.69) is 44.7 Å². The van der Waals surface area contributed by atoms with Crippen molar-refractivity contribution in [1.29, 1.82) is 0 Å². The summed E-state index contributed by atoms with van der Waals surface area (Å²) in [6.45, 7) is 8.18. The van der Waals surface area contributed by atoms with Crippen molar-refractivity contribution in [1.82, 2.24) is 0 Å². The van der Waals surface area contributed by atoms with Gasteiger partial charge in [-0.2, -0.15) is 0 Å². The standard InChI is InChI=1S/C8H10.C3H7N/c1-7-5-3-4-6-8(7)2;1-2-3-4/h3-6H,1-2H3;2H,1,3-4H2. The maximum Gasteiger partial charge on any atom is 0.0104 e. The van der Waals surface area contributed by atoms with Crippen LogP contribution in [0.15, 0.2) is 36.9 Å². The van der Waals surface area contributed by atoms with Crippen LogP contribution in [0.3, 0.4) is 0 Å². The Balaban J connectivity index is 0.000000261. The third kappa shape index (κ3) is 4.69. The average Bonchev–Trinajstić information content (AvgIpc) is 2.11. The number of hydrogen-bond acceptors (Lipinski definition) is 1. The van der Waals surface area contributed by atoms with Crippen LogP contribution >= 0.6 is 0 Å². The first-order chi connectivity index (χ1) is 5.72. The van der Waals surface area contributed by atoms with Crippen molar-refractivity contribution in [2.75, 3.05) is 6.54 Å². The summed E-state index contributed by atoms with van der Waals surface area (Å²) in [5.41, 5.74) is 7.65. The number of benzene rings is 1. The van der Waals surface area contributed by atoms with Gasteiger partial charge >= 0.3 is 0 Å². The Morgan fingerprint density at radius 3 is 1.75 bits per heavy atom. The molecule has 1 nitrogen and oxygen atoms in total. The van der Waals surface area contributed by atoms with Gasteiger partial charge in [0.25, 0.3) is 0 Å². The van der Waals surface area contributed by atoms with E-state index in [1.165, 1.54) is 11.1 Å². The highest BCUT2D eigenvalue weighted by Gasteiger charge is 1.83. The molecule has 0 saturated heterocycles. The van der Waals surface area contributed by atoms with Crippen molar-refractivity contribution >= 4 is 0 Å². The van der Waals surface area contributed by atoms with Gasteiger partial charge in [0.1, 0.15) is 0 Å². The van der Waals surface area contributed by atoms with Crippen LogP contribution in [0.2, 0.25) is 0 Å². The van der Waals surface area contributed by atoms with Crippen LogP contribution in [-0.4, -0.2) is 6.54 Å². The van der Waals surface area contributed by atoms with Gasteiger partial charge in [-0.15, -0.1) is 6.58 Å². The highest BCUT2D eigenvalue weighted by Crippen LogP contribution is 2.02. The lowest BCUT2D eigenvalue weighted by Gasteiger charge is -1.93. The number of aryl methyl sites for hydroxylation is 2. The molecule has 66 valence electrons. The first-order valence-corrected chi connectivity index (χ1v) is 4.05. The van der Waals surface area contributed by atoms with E-state index in [4.69, 9.17) is 5.73 Å². The molecule has 0 fully saturated rings. The van der Waals surface area contributed by atoms with E-state index < -0.39 is 0 Å². The summed E-state index contributed by atoms with van der Waals surface area (Å²) in [4.78, 5) is 0. The van der Waals surface area contributed by atoms with Gasteiger partial charge in [0.15, 0.2) is 0 Å². The van der Waals surface area contributed by atoms with Crippen LogP contribution in [0.5, 0.6) is 0 Å². The minimum atomic E-state index is 0.583. The maximum absolute atomic E-state index is 4.91. The van der Waals surface area contributed by atoms with E-state index in [1.807, 2.05) is 0 Å². The lowest BCUT2D eigenvalue weighted by molar-refractivity contribution is 1.26. The van der Waals surface area contributed by atoms with Crippen molar-refractivity contribution in [2.24, 2.45) is 5.73 Å². The van der Waals surface area contributed by atoms with Crippen LogP contribution in [0.1, 0.15) is 11.1 Å². The SMILES string of the molecule is C=CCN.Cc1ccccc1C. The summed E-state index contributed by atoms with van der Waals surface area (Å²) in [5.74, 6) is 0. The summed E-state index contributed by atoms with van der Waals surface area (Å²) in [6, 6.07) is 8.36. The van der Waals surface area contributed by atoms with Crippen molar-refractivity contribution in [3.63, 3.8) is 0 Å². The van der Waals surface area contributed by atoms with Crippen molar-refractivity contribution < 1.29 is 0 Å². The first kappa shape index (κ1) is 10.9. The van der Waals surface area contributed by atoms with Crippen LogP contribution in [0.25, 0.3) is 0 Å². The highest BCUT2D eigenvalue weighted by atomic mass is 14.5. The Morgan fingerprint density at radius 1 is 1.25 bits per heavy atom.